The third-order valence-corrected chi connectivity index (χ3v) is 21.3. The molecule has 482 valence electrons. The number of aliphatic imine (C=N–C) groups is 1. The number of hydrogen-bond acceptors (Lipinski definition) is 18. The number of carbonyl (C=O) groups is 5. The fraction of sp³-hybridized carbons (Fsp3) is 0.471. The van der Waals surface area contributed by atoms with Gasteiger partial charge in [0.1, 0.15) is 13.2 Å². The van der Waals surface area contributed by atoms with E-state index in [0.717, 1.165) is 64.3 Å². The Kier molecular flexibility index (Phi) is 24.3. The largest absolute Gasteiger partial charge is 0.493 e. The molecule has 19 nitrogen and oxygen atoms in total. The van der Waals surface area contributed by atoms with Gasteiger partial charge >= 0.3 is 0 Å². The molecule has 0 aromatic heterocycles. The van der Waals surface area contributed by atoms with E-state index in [1.807, 2.05) is 64.5 Å². The maximum absolute atomic E-state index is 14.3. The zero-order valence-corrected chi connectivity index (χ0v) is 55.4. The summed E-state index contributed by atoms with van der Waals surface area (Å²) in [7, 11) is 9.99. The number of benzene rings is 5. The van der Waals surface area contributed by atoms with Crippen molar-refractivity contribution >= 4 is 97.5 Å². The Balaban J connectivity index is 0.924. The van der Waals surface area contributed by atoms with E-state index in [0.29, 0.717) is 123 Å². The molecule has 4 aliphatic rings. The second-order valence-electron chi connectivity index (χ2n) is 23.0. The van der Waals surface area contributed by atoms with Crippen LogP contribution in [0, 0.1) is 0 Å². The molecule has 2 atom stereocenters. The summed E-state index contributed by atoms with van der Waals surface area (Å²) in [5.74, 6) is 1.62. The van der Waals surface area contributed by atoms with Crippen molar-refractivity contribution in [2.75, 3.05) is 120 Å². The number of rotatable bonds is 35. The molecular formula is C68H85N7O12S3. The summed E-state index contributed by atoms with van der Waals surface area (Å²) in [6, 6.07) is 28.9. The molecule has 1 saturated heterocycles. The van der Waals surface area contributed by atoms with Crippen LogP contribution in [0.25, 0.3) is 0 Å². The quantitative estimate of drug-likeness (QED) is 0.0220. The molecule has 0 saturated carbocycles. The lowest BCUT2D eigenvalue weighted by atomic mass is 10.1. The summed E-state index contributed by atoms with van der Waals surface area (Å²) in [6.07, 6.45) is 6.33. The van der Waals surface area contributed by atoms with Gasteiger partial charge in [-0.05, 0) is 104 Å². The van der Waals surface area contributed by atoms with Crippen molar-refractivity contribution in [1.82, 2.24) is 10.2 Å². The number of anilines is 4. The number of thioether (sulfide) groups is 1. The Labute approximate surface area is 541 Å². The van der Waals surface area contributed by atoms with Crippen molar-refractivity contribution in [3.05, 3.63) is 124 Å². The maximum Gasteiger partial charge on any atom is 0.261 e. The predicted molar refractivity (Wildman–Crippen MR) is 361 cm³/mol. The molecule has 0 radical (unpaired) electrons. The number of imide groups is 1. The first-order valence-corrected chi connectivity index (χ1v) is 34.2. The molecule has 5 amide bonds. The Morgan fingerprint density at radius 3 is 2.18 bits per heavy atom. The molecule has 0 bridgehead atoms. The van der Waals surface area contributed by atoms with Crippen LogP contribution in [-0.4, -0.2) is 162 Å². The van der Waals surface area contributed by atoms with Crippen LogP contribution in [0.15, 0.2) is 96.0 Å². The van der Waals surface area contributed by atoms with Crippen LogP contribution >= 0.6 is 33.3 Å². The first-order valence-electron chi connectivity index (χ1n) is 31.0. The van der Waals surface area contributed by atoms with Gasteiger partial charge in [0.15, 0.2) is 23.0 Å². The van der Waals surface area contributed by atoms with E-state index in [1.54, 1.807) is 86.0 Å². The lowest BCUT2D eigenvalue weighted by Crippen LogP contribution is -2.39. The molecule has 4 heterocycles. The summed E-state index contributed by atoms with van der Waals surface area (Å²) in [6.45, 7) is 13.1. The molecule has 5 aromatic carbocycles. The summed E-state index contributed by atoms with van der Waals surface area (Å²) < 4.78 is 42.0. The van der Waals surface area contributed by atoms with Crippen molar-refractivity contribution in [2.24, 2.45) is 4.99 Å². The van der Waals surface area contributed by atoms with Crippen molar-refractivity contribution in [3.8, 4) is 23.0 Å². The smallest absolute Gasteiger partial charge is 0.261 e. The summed E-state index contributed by atoms with van der Waals surface area (Å²) >= 11 is 1.59. The van der Waals surface area contributed by atoms with Gasteiger partial charge in [-0.1, -0.05) is 71.8 Å². The number of para-hydroxylation sites is 2. The predicted octanol–water partition coefficient (Wildman–Crippen LogP) is 11.0. The molecule has 2 N–H and O–H groups in total. The number of nitrogens with zero attached hydrogens (tertiary/aromatic N) is 5. The Bertz CT molecular complexity index is 3360. The summed E-state index contributed by atoms with van der Waals surface area (Å²) in [4.78, 5) is 79.4. The lowest BCUT2D eigenvalue weighted by Gasteiger charge is -2.34. The van der Waals surface area contributed by atoms with Gasteiger partial charge < -0.3 is 53.6 Å². The average molecular weight is 1290 g/mol. The van der Waals surface area contributed by atoms with Crippen molar-refractivity contribution in [1.29, 1.82) is 0 Å². The molecule has 2 unspecified atom stereocenters. The first-order chi connectivity index (χ1) is 43.6. The number of fused-ring (bicyclic) bond motifs is 5. The summed E-state index contributed by atoms with van der Waals surface area (Å²) in [5.41, 5.74) is 8.49. The van der Waals surface area contributed by atoms with Gasteiger partial charge in [0.05, 0.1) is 81.0 Å². The van der Waals surface area contributed by atoms with E-state index in [9.17, 15) is 24.0 Å². The first kappa shape index (κ1) is 67.4. The van der Waals surface area contributed by atoms with Crippen LogP contribution in [0.4, 0.5) is 28.4 Å². The molecule has 90 heavy (non-hydrogen) atoms. The fourth-order valence-corrected chi connectivity index (χ4v) is 15.5. The monoisotopic (exact) mass is 1290 g/mol. The SMILES string of the molecule is CCC(CC)SC1CC(=O)N(CCNC(=O)CCCSSC(C)(C)CN(CCOCCOCCOC)c2cc(COc3cc4c(cc3OC)C(=O)N3c5ccccc5CC3C=N4)cc(COc3cc(NC)c(C(=O)N4CCc5ccccc54)cc3OC)c2)C1=O. The highest BCUT2D eigenvalue weighted by Crippen LogP contribution is 2.43. The number of amides is 5. The second kappa shape index (κ2) is 32.4. The van der Waals surface area contributed by atoms with Gasteiger partial charge in [-0.15, -0.1) is 11.8 Å². The van der Waals surface area contributed by atoms with Gasteiger partial charge in [-0.25, -0.2) is 0 Å². The Morgan fingerprint density at radius 1 is 0.789 bits per heavy atom. The van der Waals surface area contributed by atoms with Crippen molar-refractivity contribution < 1.29 is 57.1 Å². The highest BCUT2D eigenvalue weighted by molar-refractivity contribution is 8.77. The highest BCUT2D eigenvalue weighted by Gasteiger charge is 2.40. The molecular weight excluding hydrogens is 1200 g/mol. The van der Waals surface area contributed by atoms with Crippen LogP contribution in [0.2, 0.25) is 0 Å². The number of methoxy groups -OCH3 is 3. The highest BCUT2D eigenvalue weighted by atomic mass is 33.1. The third kappa shape index (κ3) is 16.9. The van der Waals surface area contributed by atoms with Crippen molar-refractivity contribution in [3.63, 3.8) is 0 Å². The van der Waals surface area contributed by atoms with Crippen LogP contribution < -0.4 is 44.3 Å². The average Bonchev–Trinajstić information content (AvgIpc) is 1.62. The van der Waals surface area contributed by atoms with Gasteiger partial charge in [-0.3, -0.25) is 38.8 Å². The molecule has 5 aromatic rings. The molecule has 9 rings (SSSR count). The van der Waals surface area contributed by atoms with Crippen LogP contribution in [0.1, 0.15) is 103 Å². The van der Waals surface area contributed by atoms with Gasteiger partial charge in [0, 0.05) is 117 Å². The summed E-state index contributed by atoms with van der Waals surface area (Å²) in [5, 5.41) is 6.13. The Hall–Kier alpha value is -6.95. The van der Waals surface area contributed by atoms with Crippen LogP contribution in [0.5, 0.6) is 23.0 Å². The molecule has 22 heteroatoms. The number of likely N-dealkylation sites (tertiary alicyclic amines) is 1. The standard InChI is InChI=1S/C68H85N7O12S3/c1-9-51(10-2)89-62-40-64(77)74(67(62)80)24-22-70-63(76)20-15-31-88-90-68(3,4)44-72(25-26-84-29-30-85-28-27-81-6)49-33-45(42-86-60-38-54(69-5)52(36-58(60)82-7)65(78)73-23-21-47-16-11-13-18-56(47)73)32-46(34-49)43-87-61-39-55-53(37-59(61)83-8)66(79)75-50(41-71-55)35-48-17-12-14-19-57(48)75/h11-14,16-19,32-34,36-39,41,50-51,62,69H,9-10,15,20-31,35,40,42-44H2,1-8H3,(H,70,76). The molecule has 0 spiro atoms. The van der Waals surface area contributed by atoms with Crippen LogP contribution in [0.3, 0.4) is 0 Å². The number of nitrogens with one attached hydrogen (secondary N) is 2. The van der Waals surface area contributed by atoms with Gasteiger partial charge in [0.25, 0.3) is 11.8 Å². The normalized spacial score (nSPS) is 15.8. The van der Waals surface area contributed by atoms with Gasteiger partial charge in [0.2, 0.25) is 17.7 Å². The minimum absolute atomic E-state index is 0.108. The van der Waals surface area contributed by atoms with E-state index in [1.165, 1.54) is 4.90 Å². The number of hydrogen-bond donors (Lipinski definition) is 2. The van der Waals surface area contributed by atoms with E-state index >= 15 is 0 Å². The van der Waals surface area contributed by atoms with E-state index < -0.39 is 0 Å². The fourth-order valence-electron chi connectivity index (χ4n) is 11.5. The zero-order chi connectivity index (χ0) is 63.7. The molecule has 0 aliphatic carbocycles. The number of carbonyl (C=O) groups excluding carboxylic acids is 5. The van der Waals surface area contributed by atoms with Gasteiger partial charge in [-0.2, -0.15) is 0 Å². The van der Waals surface area contributed by atoms with E-state index in [2.05, 4.69) is 61.4 Å². The molecule has 1 fully saturated rings. The minimum Gasteiger partial charge on any atom is -0.493 e. The zero-order valence-electron chi connectivity index (χ0n) is 53.0. The molecule has 4 aliphatic heterocycles. The number of ether oxygens (including phenoxy) is 7. The Morgan fingerprint density at radius 2 is 1.47 bits per heavy atom. The maximum atomic E-state index is 14.3. The second-order valence-corrected chi connectivity index (χ2v) is 27.6. The van der Waals surface area contributed by atoms with Crippen LogP contribution in [-0.2, 0) is 54.6 Å². The minimum atomic E-state index is -0.352. The van der Waals surface area contributed by atoms with E-state index in [4.69, 9.17) is 38.2 Å². The third-order valence-electron chi connectivity index (χ3n) is 16.2. The van der Waals surface area contributed by atoms with Crippen molar-refractivity contribution in [2.45, 2.75) is 107 Å². The topological polar surface area (TPSA) is 199 Å². The van der Waals surface area contributed by atoms with E-state index in [-0.39, 0.29) is 78.3 Å². The lowest BCUT2D eigenvalue weighted by molar-refractivity contribution is -0.138.